The number of ether oxygens (including phenoxy) is 2. The Bertz CT molecular complexity index is 1010. The molecule has 4 rings (SSSR count). The van der Waals surface area contributed by atoms with Gasteiger partial charge in [-0.2, -0.15) is 5.10 Å². The van der Waals surface area contributed by atoms with Gasteiger partial charge in [-0.25, -0.2) is 0 Å². The second-order valence-electron chi connectivity index (χ2n) is 7.25. The maximum absolute atomic E-state index is 13.2. The van der Waals surface area contributed by atoms with Crippen LogP contribution in [0.25, 0.3) is 11.3 Å². The third kappa shape index (κ3) is 3.51. The molecular formula is C23H25N3O3. The number of rotatable bonds is 7. The van der Waals surface area contributed by atoms with Crippen LogP contribution in [-0.4, -0.2) is 48.4 Å². The minimum absolute atomic E-state index is 0.0247. The number of carbonyl (C=O) groups is 1. The van der Waals surface area contributed by atoms with Crippen LogP contribution in [0.4, 0.5) is 0 Å². The Kier molecular flexibility index (Phi) is 5.36. The van der Waals surface area contributed by atoms with Crippen LogP contribution in [0.1, 0.15) is 39.6 Å². The Morgan fingerprint density at radius 3 is 2.66 bits per heavy atom. The number of carbonyl (C=O) groups excluding carboxylic acids is 1. The molecule has 1 amide bonds. The second-order valence-corrected chi connectivity index (χ2v) is 7.25. The molecule has 1 aliphatic rings. The van der Waals surface area contributed by atoms with Crippen molar-refractivity contribution >= 4 is 5.91 Å². The van der Waals surface area contributed by atoms with Gasteiger partial charge in [-0.15, -0.1) is 0 Å². The zero-order chi connectivity index (χ0) is 20.4. The fraction of sp³-hybridized carbons (Fsp3) is 0.304. The maximum atomic E-state index is 13.2. The van der Waals surface area contributed by atoms with E-state index in [0.29, 0.717) is 18.8 Å². The van der Waals surface area contributed by atoms with Gasteiger partial charge in [0.25, 0.3) is 5.91 Å². The van der Waals surface area contributed by atoms with Crippen molar-refractivity contribution in [3.05, 3.63) is 70.9 Å². The summed E-state index contributed by atoms with van der Waals surface area (Å²) >= 11 is 0. The van der Waals surface area contributed by atoms with Gasteiger partial charge in [0.15, 0.2) is 0 Å². The Labute approximate surface area is 170 Å². The summed E-state index contributed by atoms with van der Waals surface area (Å²) < 4.78 is 10.6. The molecule has 0 saturated heterocycles. The van der Waals surface area contributed by atoms with E-state index in [0.717, 1.165) is 34.6 Å². The van der Waals surface area contributed by atoms with E-state index in [1.165, 1.54) is 5.56 Å². The third-order valence-electron chi connectivity index (χ3n) is 5.35. The summed E-state index contributed by atoms with van der Waals surface area (Å²) in [7, 11) is 3.32. The topological polar surface area (TPSA) is 67.5 Å². The fourth-order valence-corrected chi connectivity index (χ4v) is 3.89. The average Bonchev–Trinajstić information content (AvgIpc) is 3.29. The van der Waals surface area contributed by atoms with Gasteiger partial charge in [0.1, 0.15) is 11.4 Å². The Hall–Kier alpha value is -3.12. The van der Waals surface area contributed by atoms with E-state index in [1.807, 2.05) is 29.2 Å². The van der Waals surface area contributed by atoms with E-state index in [4.69, 9.17) is 9.47 Å². The summed E-state index contributed by atoms with van der Waals surface area (Å²) in [6, 6.07) is 15.9. The number of amides is 1. The molecule has 6 heteroatoms. The van der Waals surface area contributed by atoms with Crippen LogP contribution in [0.3, 0.4) is 0 Å². The number of nitrogens with one attached hydrogen (secondary N) is 1. The molecule has 2 aromatic carbocycles. The van der Waals surface area contributed by atoms with Crippen LogP contribution >= 0.6 is 0 Å². The molecule has 1 unspecified atom stereocenters. The first kappa shape index (κ1) is 19.2. The molecule has 6 nitrogen and oxygen atoms in total. The summed E-state index contributed by atoms with van der Waals surface area (Å²) in [5.74, 6) is 0.732. The number of aromatic nitrogens is 2. The molecule has 0 fully saturated rings. The summed E-state index contributed by atoms with van der Waals surface area (Å²) in [5.41, 5.74) is 5.45. The van der Waals surface area contributed by atoms with Crippen LogP contribution in [-0.2, 0) is 4.74 Å². The van der Waals surface area contributed by atoms with E-state index in [-0.39, 0.29) is 11.9 Å². The molecule has 2 heterocycles. The van der Waals surface area contributed by atoms with Crippen LogP contribution in [0.5, 0.6) is 5.75 Å². The normalized spacial score (nSPS) is 15.6. The summed E-state index contributed by atoms with van der Waals surface area (Å²) in [5, 5.41) is 7.50. The number of aromatic amines is 1. The van der Waals surface area contributed by atoms with Gasteiger partial charge in [0.2, 0.25) is 0 Å². The zero-order valence-electron chi connectivity index (χ0n) is 16.9. The van der Waals surface area contributed by atoms with Gasteiger partial charge in [0.05, 0.1) is 18.8 Å². The van der Waals surface area contributed by atoms with Gasteiger partial charge in [-0.1, -0.05) is 42.0 Å². The van der Waals surface area contributed by atoms with E-state index in [9.17, 15) is 4.79 Å². The van der Waals surface area contributed by atoms with Gasteiger partial charge < -0.3 is 14.4 Å². The van der Waals surface area contributed by atoms with Crippen LogP contribution in [0, 0.1) is 6.92 Å². The average molecular weight is 391 g/mol. The second kappa shape index (κ2) is 8.09. The third-order valence-corrected chi connectivity index (χ3v) is 5.35. The number of aryl methyl sites for hydroxylation is 1. The van der Waals surface area contributed by atoms with Crippen LogP contribution in [0.15, 0.2) is 48.5 Å². The highest BCUT2D eigenvalue weighted by Gasteiger charge is 2.41. The molecule has 29 heavy (non-hydrogen) atoms. The lowest BCUT2D eigenvalue weighted by atomic mass is 9.95. The monoisotopic (exact) mass is 391 g/mol. The van der Waals surface area contributed by atoms with E-state index < -0.39 is 0 Å². The lowest BCUT2D eigenvalue weighted by Crippen LogP contribution is -2.31. The number of H-pyrrole nitrogens is 1. The summed E-state index contributed by atoms with van der Waals surface area (Å²) in [6.07, 6.45) is 0.775. The summed E-state index contributed by atoms with van der Waals surface area (Å²) in [4.78, 5) is 15.1. The van der Waals surface area contributed by atoms with E-state index in [2.05, 4.69) is 41.4 Å². The number of hydrogen-bond donors (Lipinski definition) is 1. The Morgan fingerprint density at radius 1 is 1.14 bits per heavy atom. The fourth-order valence-electron chi connectivity index (χ4n) is 3.89. The molecule has 0 radical (unpaired) electrons. The van der Waals surface area contributed by atoms with E-state index in [1.54, 1.807) is 14.2 Å². The van der Waals surface area contributed by atoms with Gasteiger partial charge >= 0.3 is 0 Å². The van der Waals surface area contributed by atoms with E-state index >= 15 is 0 Å². The Balaban J connectivity index is 1.81. The van der Waals surface area contributed by atoms with Crippen molar-refractivity contribution < 1.29 is 14.3 Å². The minimum atomic E-state index is -0.185. The summed E-state index contributed by atoms with van der Waals surface area (Å²) in [6.45, 7) is 3.29. The number of benzene rings is 2. The molecular weight excluding hydrogens is 366 g/mol. The number of hydrogen-bond acceptors (Lipinski definition) is 4. The van der Waals surface area contributed by atoms with Crippen LogP contribution < -0.4 is 4.74 Å². The number of nitrogens with zero attached hydrogens (tertiary/aromatic N) is 2. The van der Waals surface area contributed by atoms with Crippen molar-refractivity contribution in [2.45, 2.75) is 19.4 Å². The Morgan fingerprint density at radius 2 is 1.93 bits per heavy atom. The maximum Gasteiger partial charge on any atom is 0.273 e. The van der Waals surface area contributed by atoms with Crippen molar-refractivity contribution in [2.75, 3.05) is 27.4 Å². The standard InChI is InChI=1S/C23H25N3O3/c1-15-8-10-16(11-9-15)22-19-20(17-6-4-7-18(14-17)29-3)24-25-21(19)23(27)26(22)12-5-13-28-2/h4,6-11,14,22H,5,12-13H2,1-3H3,(H,24,25). The quantitative estimate of drug-likeness (QED) is 0.619. The van der Waals surface area contributed by atoms with Crippen LogP contribution in [0.2, 0.25) is 0 Å². The highest BCUT2D eigenvalue weighted by Crippen LogP contribution is 2.43. The van der Waals surface area contributed by atoms with Gasteiger partial charge in [-0.05, 0) is 31.0 Å². The lowest BCUT2D eigenvalue weighted by Gasteiger charge is -2.26. The molecule has 0 bridgehead atoms. The van der Waals surface area contributed by atoms with Gasteiger partial charge in [0, 0.05) is 31.4 Å². The molecule has 1 aliphatic heterocycles. The smallest absolute Gasteiger partial charge is 0.273 e. The van der Waals surface area contributed by atoms with Crippen molar-refractivity contribution in [2.24, 2.45) is 0 Å². The predicted octanol–water partition coefficient (Wildman–Crippen LogP) is 3.98. The first-order valence-corrected chi connectivity index (χ1v) is 9.73. The molecule has 0 spiro atoms. The van der Waals surface area contributed by atoms with Crippen molar-refractivity contribution in [3.8, 4) is 17.0 Å². The van der Waals surface area contributed by atoms with Crippen molar-refractivity contribution in [3.63, 3.8) is 0 Å². The molecule has 1 atom stereocenters. The van der Waals surface area contributed by atoms with Crippen molar-refractivity contribution in [1.82, 2.24) is 15.1 Å². The zero-order valence-corrected chi connectivity index (χ0v) is 16.9. The highest BCUT2D eigenvalue weighted by atomic mass is 16.5. The molecule has 0 aliphatic carbocycles. The minimum Gasteiger partial charge on any atom is -0.497 e. The molecule has 1 aromatic heterocycles. The van der Waals surface area contributed by atoms with Crippen molar-refractivity contribution in [1.29, 1.82) is 0 Å². The molecule has 1 N–H and O–H groups in total. The predicted molar refractivity (Wildman–Crippen MR) is 111 cm³/mol. The largest absolute Gasteiger partial charge is 0.497 e. The molecule has 0 saturated carbocycles. The first-order chi connectivity index (χ1) is 14.1. The SMILES string of the molecule is COCCCN1C(=O)c2[nH]nc(-c3cccc(OC)c3)c2C1c1ccc(C)cc1. The van der Waals surface area contributed by atoms with Gasteiger partial charge in [-0.3, -0.25) is 9.89 Å². The number of methoxy groups -OCH3 is 2. The highest BCUT2D eigenvalue weighted by molar-refractivity contribution is 6.00. The first-order valence-electron chi connectivity index (χ1n) is 9.73. The molecule has 3 aromatic rings. The molecule has 150 valence electrons. The number of fused-ring (bicyclic) bond motifs is 1. The lowest BCUT2D eigenvalue weighted by molar-refractivity contribution is 0.0723.